The van der Waals surface area contributed by atoms with E-state index in [2.05, 4.69) is 10.0 Å². The van der Waals surface area contributed by atoms with E-state index in [0.717, 1.165) is 25.1 Å². The Balaban J connectivity index is 1.90. The molecule has 0 bridgehead atoms. The average Bonchev–Trinajstić information content (AvgIpc) is 2.31. The average molecular weight is 308 g/mol. The molecular weight excluding hydrogens is 293 g/mol. The maximum atomic E-state index is 12.4. The first-order valence-corrected chi connectivity index (χ1v) is 7.78. The first kappa shape index (κ1) is 15.3. The van der Waals surface area contributed by atoms with Gasteiger partial charge in [0.2, 0.25) is 10.0 Å². The standard InChI is InChI=1S/C12H15F3N2O2S/c13-12(14,15)10-3-1-9(2-4-10)7-17-20(18,19)8-11-5-6-16-11/h1-4,11,16-17H,5-8H2. The molecule has 1 unspecified atom stereocenters. The molecular formula is C12H15F3N2O2S. The molecule has 0 aliphatic carbocycles. The molecule has 1 aromatic carbocycles. The minimum absolute atomic E-state index is 0.00631. The van der Waals surface area contributed by atoms with Gasteiger partial charge in [0.1, 0.15) is 0 Å². The van der Waals surface area contributed by atoms with Gasteiger partial charge < -0.3 is 5.32 Å². The third-order valence-electron chi connectivity index (χ3n) is 3.12. The molecule has 0 spiro atoms. The van der Waals surface area contributed by atoms with Crippen molar-refractivity contribution in [3.63, 3.8) is 0 Å². The quantitative estimate of drug-likeness (QED) is 0.866. The molecule has 20 heavy (non-hydrogen) atoms. The largest absolute Gasteiger partial charge is 0.416 e. The molecule has 4 nitrogen and oxygen atoms in total. The first-order chi connectivity index (χ1) is 9.26. The van der Waals surface area contributed by atoms with Gasteiger partial charge in [-0.2, -0.15) is 13.2 Å². The number of rotatable bonds is 5. The van der Waals surface area contributed by atoms with Crippen LogP contribution in [0.5, 0.6) is 0 Å². The zero-order valence-corrected chi connectivity index (χ0v) is 11.4. The van der Waals surface area contributed by atoms with Gasteiger partial charge in [-0.25, -0.2) is 13.1 Å². The van der Waals surface area contributed by atoms with Crippen molar-refractivity contribution in [3.05, 3.63) is 35.4 Å². The second-order valence-electron chi connectivity index (χ2n) is 4.74. The Bertz CT molecular complexity index is 551. The van der Waals surface area contributed by atoms with Gasteiger partial charge in [-0.3, -0.25) is 0 Å². The Labute approximate surface area is 115 Å². The lowest BCUT2D eigenvalue weighted by Gasteiger charge is -2.27. The van der Waals surface area contributed by atoms with Crippen molar-refractivity contribution in [2.24, 2.45) is 0 Å². The highest BCUT2D eigenvalue weighted by molar-refractivity contribution is 7.89. The smallest absolute Gasteiger partial charge is 0.313 e. The number of alkyl halides is 3. The van der Waals surface area contributed by atoms with E-state index >= 15 is 0 Å². The summed E-state index contributed by atoms with van der Waals surface area (Å²) in [6, 6.07) is 4.40. The summed E-state index contributed by atoms with van der Waals surface area (Å²) in [6.45, 7) is 0.812. The Hall–Kier alpha value is -1.12. The third kappa shape index (κ3) is 4.19. The van der Waals surface area contributed by atoms with Crippen molar-refractivity contribution >= 4 is 10.0 Å². The van der Waals surface area contributed by atoms with Crippen LogP contribution in [-0.2, 0) is 22.7 Å². The lowest BCUT2D eigenvalue weighted by Crippen LogP contribution is -2.49. The van der Waals surface area contributed by atoms with Gasteiger partial charge in [0, 0.05) is 12.6 Å². The Morgan fingerprint density at radius 1 is 1.25 bits per heavy atom. The van der Waals surface area contributed by atoms with E-state index in [9.17, 15) is 21.6 Å². The number of nitrogens with one attached hydrogen (secondary N) is 2. The van der Waals surface area contributed by atoms with Crippen LogP contribution in [0.2, 0.25) is 0 Å². The van der Waals surface area contributed by atoms with E-state index in [-0.39, 0.29) is 18.3 Å². The summed E-state index contributed by atoms with van der Waals surface area (Å²) in [6.07, 6.45) is -3.56. The van der Waals surface area contributed by atoms with E-state index in [4.69, 9.17) is 0 Å². The zero-order chi connectivity index (χ0) is 14.8. The molecule has 0 amide bonds. The molecule has 0 saturated carbocycles. The van der Waals surface area contributed by atoms with Crippen LogP contribution in [0.3, 0.4) is 0 Å². The zero-order valence-electron chi connectivity index (χ0n) is 10.6. The summed E-state index contributed by atoms with van der Waals surface area (Å²) in [4.78, 5) is 0. The van der Waals surface area contributed by atoms with Crippen LogP contribution >= 0.6 is 0 Å². The Morgan fingerprint density at radius 2 is 1.85 bits per heavy atom. The molecule has 8 heteroatoms. The number of benzene rings is 1. The summed E-state index contributed by atoms with van der Waals surface area (Å²) in [5.74, 6) is -0.00631. The molecule has 1 fully saturated rings. The molecule has 2 rings (SSSR count). The van der Waals surface area contributed by atoms with Crippen molar-refractivity contribution in [3.8, 4) is 0 Å². The van der Waals surface area contributed by atoms with Crippen molar-refractivity contribution < 1.29 is 21.6 Å². The highest BCUT2D eigenvalue weighted by Crippen LogP contribution is 2.29. The molecule has 1 saturated heterocycles. The molecule has 1 atom stereocenters. The summed E-state index contributed by atoms with van der Waals surface area (Å²) in [5, 5.41) is 2.98. The predicted molar refractivity (Wildman–Crippen MR) is 68.5 cm³/mol. The van der Waals surface area contributed by atoms with E-state index in [0.29, 0.717) is 5.56 Å². The van der Waals surface area contributed by atoms with E-state index in [1.54, 1.807) is 0 Å². The van der Waals surface area contributed by atoms with Gasteiger partial charge in [-0.05, 0) is 30.7 Å². The van der Waals surface area contributed by atoms with Crippen LogP contribution in [0.1, 0.15) is 17.5 Å². The number of sulfonamides is 1. The van der Waals surface area contributed by atoms with Gasteiger partial charge in [0.05, 0.1) is 11.3 Å². The van der Waals surface area contributed by atoms with Crippen LogP contribution in [-0.4, -0.2) is 26.8 Å². The highest BCUT2D eigenvalue weighted by atomic mass is 32.2. The topological polar surface area (TPSA) is 58.2 Å². The van der Waals surface area contributed by atoms with Crippen molar-refractivity contribution in [1.82, 2.24) is 10.0 Å². The van der Waals surface area contributed by atoms with Crippen LogP contribution in [0.25, 0.3) is 0 Å². The maximum absolute atomic E-state index is 12.4. The minimum atomic E-state index is -4.38. The van der Waals surface area contributed by atoms with Crippen LogP contribution in [0.15, 0.2) is 24.3 Å². The Kier molecular flexibility index (Phi) is 4.36. The second kappa shape index (κ2) is 5.71. The van der Waals surface area contributed by atoms with Crippen LogP contribution < -0.4 is 10.0 Å². The number of hydrogen-bond acceptors (Lipinski definition) is 3. The number of hydrogen-bond donors (Lipinski definition) is 2. The molecule has 2 N–H and O–H groups in total. The highest BCUT2D eigenvalue weighted by Gasteiger charge is 2.30. The van der Waals surface area contributed by atoms with Gasteiger partial charge in [-0.15, -0.1) is 0 Å². The second-order valence-corrected chi connectivity index (χ2v) is 6.59. The fourth-order valence-electron chi connectivity index (χ4n) is 1.82. The summed E-state index contributed by atoms with van der Waals surface area (Å²) in [7, 11) is -3.41. The lowest BCUT2D eigenvalue weighted by atomic mass is 10.1. The number of halogens is 3. The minimum Gasteiger partial charge on any atom is -0.313 e. The fraction of sp³-hybridized carbons (Fsp3) is 0.500. The molecule has 0 radical (unpaired) electrons. The SMILES string of the molecule is O=S(=O)(CC1CCN1)NCc1ccc(C(F)(F)F)cc1. The van der Waals surface area contributed by atoms with Crippen LogP contribution in [0.4, 0.5) is 13.2 Å². The summed E-state index contributed by atoms with van der Waals surface area (Å²) in [5.41, 5.74) is -0.258. The van der Waals surface area contributed by atoms with Gasteiger partial charge in [-0.1, -0.05) is 12.1 Å². The maximum Gasteiger partial charge on any atom is 0.416 e. The Morgan fingerprint density at radius 3 is 2.30 bits per heavy atom. The monoisotopic (exact) mass is 308 g/mol. The molecule has 1 heterocycles. The van der Waals surface area contributed by atoms with Crippen molar-refractivity contribution in [2.75, 3.05) is 12.3 Å². The van der Waals surface area contributed by atoms with Crippen LogP contribution in [0, 0.1) is 0 Å². The molecule has 1 aromatic rings. The molecule has 1 aliphatic heterocycles. The van der Waals surface area contributed by atoms with Gasteiger partial charge in [0.15, 0.2) is 0 Å². The first-order valence-electron chi connectivity index (χ1n) is 6.13. The van der Waals surface area contributed by atoms with E-state index in [1.165, 1.54) is 12.1 Å². The fourth-order valence-corrected chi connectivity index (χ4v) is 3.14. The normalized spacial score (nSPS) is 19.6. The predicted octanol–water partition coefficient (Wildman–Crippen LogP) is 1.49. The molecule has 112 valence electrons. The van der Waals surface area contributed by atoms with Gasteiger partial charge in [0.25, 0.3) is 0 Å². The van der Waals surface area contributed by atoms with E-state index in [1.807, 2.05) is 0 Å². The van der Waals surface area contributed by atoms with Crippen molar-refractivity contribution in [1.29, 1.82) is 0 Å². The van der Waals surface area contributed by atoms with Crippen molar-refractivity contribution in [2.45, 2.75) is 25.2 Å². The van der Waals surface area contributed by atoms with E-state index < -0.39 is 21.8 Å². The summed E-state index contributed by atoms with van der Waals surface area (Å²) < 4.78 is 62.9. The lowest BCUT2D eigenvalue weighted by molar-refractivity contribution is -0.137. The third-order valence-corrected chi connectivity index (χ3v) is 4.55. The van der Waals surface area contributed by atoms with Gasteiger partial charge >= 0.3 is 6.18 Å². The molecule has 0 aromatic heterocycles. The molecule has 1 aliphatic rings. The summed E-state index contributed by atoms with van der Waals surface area (Å²) >= 11 is 0.